The number of nitro groups is 1. The number of carbonyl (C=O) groups is 1. The summed E-state index contributed by atoms with van der Waals surface area (Å²) >= 11 is 0. The first-order valence-corrected chi connectivity index (χ1v) is 11.5. The minimum Gasteiger partial charge on any atom is -0.364 e. The van der Waals surface area contributed by atoms with Gasteiger partial charge in [0.1, 0.15) is 5.82 Å². The van der Waals surface area contributed by atoms with E-state index < -0.39 is 0 Å². The lowest BCUT2D eigenvalue weighted by Gasteiger charge is -2.49. The van der Waals surface area contributed by atoms with Crippen molar-refractivity contribution in [2.24, 2.45) is 5.92 Å². The molecule has 168 valence electrons. The van der Waals surface area contributed by atoms with Crippen molar-refractivity contribution in [1.82, 2.24) is 15.3 Å². The highest BCUT2D eigenvalue weighted by atomic mass is 16.6. The third-order valence-electron chi connectivity index (χ3n) is 7.07. The Bertz CT molecular complexity index is 994. The zero-order valence-electron chi connectivity index (χ0n) is 18.0. The van der Waals surface area contributed by atoms with Crippen molar-refractivity contribution in [1.29, 1.82) is 0 Å². The molecule has 1 N–H and O–H groups in total. The van der Waals surface area contributed by atoms with Gasteiger partial charge in [0.05, 0.1) is 23.1 Å². The Morgan fingerprint density at radius 2 is 2.00 bits per heavy atom. The van der Waals surface area contributed by atoms with Gasteiger partial charge in [0, 0.05) is 55.9 Å². The van der Waals surface area contributed by atoms with Crippen molar-refractivity contribution in [3.05, 3.63) is 52.5 Å². The molecule has 1 aliphatic carbocycles. The Labute approximate surface area is 187 Å². The van der Waals surface area contributed by atoms with Gasteiger partial charge in [-0.25, -0.2) is 4.98 Å². The molecule has 3 heterocycles. The summed E-state index contributed by atoms with van der Waals surface area (Å²) in [4.78, 5) is 37.5. The van der Waals surface area contributed by atoms with Crippen LogP contribution in [0.3, 0.4) is 0 Å². The molecule has 0 radical (unpaired) electrons. The van der Waals surface area contributed by atoms with E-state index >= 15 is 0 Å². The van der Waals surface area contributed by atoms with Gasteiger partial charge in [-0.2, -0.15) is 0 Å². The molecular weight excluding hydrogens is 408 g/mol. The first kappa shape index (κ1) is 20.7. The van der Waals surface area contributed by atoms with Gasteiger partial charge in [-0.1, -0.05) is 19.3 Å². The number of nitrogens with zero attached hydrogens (tertiary/aromatic N) is 5. The van der Waals surface area contributed by atoms with Crippen LogP contribution in [0.1, 0.15) is 37.7 Å². The topological polar surface area (TPSA) is 104 Å². The Morgan fingerprint density at radius 3 is 2.75 bits per heavy atom. The van der Waals surface area contributed by atoms with Crippen molar-refractivity contribution in [2.75, 3.05) is 29.4 Å². The van der Waals surface area contributed by atoms with Crippen LogP contribution in [0, 0.1) is 16.0 Å². The predicted octanol–water partition coefficient (Wildman–Crippen LogP) is 2.70. The summed E-state index contributed by atoms with van der Waals surface area (Å²) in [6, 6.07) is 5.25. The minimum absolute atomic E-state index is 0.0247. The third-order valence-corrected chi connectivity index (χ3v) is 7.07. The summed E-state index contributed by atoms with van der Waals surface area (Å²) in [5.74, 6) is 0.601. The summed E-state index contributed by atoms with van der Waals surface area (Å²) in [5.41, 5.74) is 1.96. The van der Waals surface area contributed by atoms with Gasteiger partial charge in [0.15, 0.2) is 0 Å². The number of aromatic nitrogens is 2. The van der Waals surface area contributed by atoms with Gasteiger partial charge in [-0.15, -0.1) is 0 Å². The van der Waals surface area contributed by atoms with Gasteiger partial charge in [-0.3, -0.25) is 19.9 Å². The standard InChI is InChI=1S/C23H28N6O3/c30-23(26-17-4-2-1-3-5-17)19-13-16-12-18(29(31)32)6-7-20(16)28-11-10-27(15-21(19)28)22-14-24-8-9-25-22/h6-9,12,14,17,19,21H,1-5,10-11,13,15H2,(H,26,30)/t19-,21-/m1/s1. The van der Waals surface area contributed by atoms with E-state index in [1.807, 2.05) is 6.07 Å². The van der Waals surface area contributed by atoms with Gasteiger partial charge >= 0.3 is 0 Å². The summed E-state index contributed by atoms with van der Waals surface area (Å²) in [6.07, 6.45) is 11.2. The molecular formula is C23H28N6O3. The number of benzene rings is 1. The smallest absolute Gasteiger partial charge is 0.269 e. The lowest BCUT2D eigenvalue weighted by molar-refractivity contribution is -0.384. The van der Waals surface area contributed by atoms with Crippen molar-refractivity contribution >= 4 is 23.1 Å². The Balaban J connectivity index is 1.44. The van der Waals surface area contributed by atoms with Gasteiger partial charge in [0.25, 0.3) is 5.69 Å². The average molecular weight is 437 g/mol. The summed E-state index contributed by atoms with van der Waals surface area (Å²) < 4.78 is 0. The number of rotatable bonds is 4. The molecule has 2 fully saturated rings. The first-order valence-electron chi connectivity index (χ1n) is 11.5. The van der Waals surface area contributed by atoms with Crippen LogP contribution in [0.25, 0.3) is 0 Å². The predicted molar refractivity (Wildman–Crippen MR) is 121 cm³/mol. The van der Waals surface area contributed by atoms with Crippen LogP contribution < -0.4 is 15.1 Å². The maximum Gasteiger partial charge on any atom is 0.269 e. The second kappa shape index (κ2) is 8.72. The highest BCUT2D eigenvalue weighted by Crippen LogP contribution is 2.38. The number of hydrogen-bond donors (Lipinski definition) is 1. The number of fused-ring (bicyclic) bond motifs is 3. The number of nitro benzene ring substituents is 1. The molecule has 32 heavy (non-hydrogen) atoms. The molecule has 0 spiro atoms. The zero-order valence-corrected chi connectivity index (χ0v) is 18.0. The summed E-state index contributed by atoms with van der Waals surface area (Å²) in [5, 5.41) is 14.6. The SMILES string of the molecule is O=C(NC1CCCCC1)[C@@H]1Cc2cc([N+](=O)[O-])ccc2N2CCN(c3cnccn3)C[C@H]12. The molecule has 1 saturated carbocycles. The van der Waals surface area contributed by atoms with Crippen LogP contribution in [0.2, 0.25) is 0 Å². The van der Waals surface area contributed by atoms with E-state index in [1.165, 1.54) is 6.42 Å². The number of hydrogen-bond acceptors (Lipinski definition) is 7. The minimum atomic E-state index is -0.366. The molecule has 1 amide bonds. The van der Waals surface area contributed by atoms with Crippen molar-refractivity contribution in [3.8, 4) is 0 Å². The second-order valence-corrected chi connectivity index (χ2v) is 8.99. The van der Waals surface area contributed by atoms with Crippen molar-refractivity contribution < 1.29 is 9.72 Å². The highest BCUT2D eigenvalue weighted by Gasteiger charge is 2.42. The molecule has 1 saturated heterocycles. The molecule has 2 atom stereocenters. The van der Waals surface area contributed by atoms with Crippen LogP contribution in [0.4, 0.5) is 17.2 Å². The van der Waals surface area contributed by atoms with Crippen LogP contribution >= 0.6 is 0 Å². The van der Waals surface area contributed by atoms with E-state index in [-0.39, 0.29) is 34.5 Å². The summed E-state index contributed by atoms with van der Waals surface area (Å²) in [7, 11) is 0. The maximum absolute atomic E-state index is 13.5. The zero-order chi connectivity index (χ0) is 22.1. The monoisotopic (exact) mass is 436 g/mol. The normalized spacial score (nSPS) is 23.2. The van der Waals surface area contributed by atoms with E-state index in [2.05, 4.69) is 25.1 Å². The second-order valence-electron chi connectivity index (χ2n) is 8.99. The highest BCUT2D eigenvalue weighted by molar-refractivity contribution is 5.83. The fourth-order valence-electron chi connectivity index (χ4n) is 5.44. The largest absolute Gasteiger partial charge is 0.364 e. The molecule has 1 aromatic heterocycles. The van der Waals surface area contributed by atoms with Crippen LogP contribution in [-0.2, 0) is 11.2 Å². The molecule has 9 nitrogen and oxygen atoms in total. The fourth-order valence-corrected chi connectivity index (χ4v) is 5.44. The van der Waals surface area contributed by atoms with Crippen LogP contribution in [-0.4, -0.2) is 52.5 Å². The molecule has 3 aliphatic rings. The Morgan fingerprint density at radius 1 is 1.16 bits per heavy atom. The number of amides is 1. The van der Waals surface area contributed by atoms with Gasteiger partial charge < -0.3 is 15.1 Å². The number of nitrogens with one attached hydrogen (secondary N) is 1. The molecule has 0 unspecified atom stereocenters. The van der Waals surface area contributed by atoms with E-state index in [0.29, 0.717) is 13.0 Å². The fraction of sp³-hybridized carbons (Fsp3) is 0.522. The Kier molecular flexibility index (Phi) is 5.63. The number of non-ortho nitro benzene ring substituents is 1. The number of piperazine rings is 1. The van der Waals surface area contributed by atoms with E-state index in [1.54, 1.807) is 30.7 Å². The quantitative estimate of drug-likeness (QED) is 0.580. The lowest BCUT2D eigenvalue weighted by atomic mass is 9.82. The van der Waals surface area contributed by atoms with Gasteiger partial charge in [-0.05, 0) is 30.9 Å². The number of anilines is 2. The lowest BCUT2D eigenvalue weighted by Crippen LogP contribution is -2.62. The van der Waals surface area contributed by atoms with E-state index in [9.17, 15) is 14.9 Å². The molecule has 9 heteroatoms. The first-order chi connectivity index (χ1) is 15.6. The molecule has 0 bridgehead atoms. The van der Waals surface area contributed by atoms with E-state index in [0.717, 1.165) is 55.8 Å². The Hall–Kier alpha value is -3.23. The molecule has 2 aromatic rings. The average Bonchev–Trinajstić information content (AvgIpc) is 2.84. The van der Waals surface area contributed by atoms with E-state index in [4.69, 9.17) is 0 Å². The van der Waals surface area contributed by atoms with Crippen molar-refractivity contribution in [3.63, 3.8) is 0 Å². The van der Waals surface area contributed by atoms with Crippen molar-refractivity contribution in [2.45, 2.75) is 50.6 Å². The molecule has 2 aliphatic heterocycles. The van der Waals surface area contributed by atoms with Crippen LogP contribution in [0.5, 0.6) is 0 Å². The molecule has 5 rings (SSSR count). The van der Waals surface area contributed by atoms with Crippen LogP contribution in [0.15, 0.2) is 36.8 Å². The number of carbonyl (C=O) groups excluding carboxylic acids is 1. The maximum atomic E-state index is 13.5. The molecule has 1 aromatic carbocycles. The third kappa shape index (κ3) is 3.99. The van der Waals surface area contributed by atoms with Gasteiger partial charge in [0.2, 0.25) is 5.91 Å². The summed E-state index contributed by atoms with van der Waals surface area (Å²) in [6.45, 7) is 2.14.